The molecule has 1 atom stereocenters. The molecule has 1 aromatic carbocycles. The zero-order valence-electron chi connectivity index (χ0n) is 16.2. The van der Waals surface area contributed by atoms with Crippen molar-refractivity contribution in [3.63, 3.8) is 0 Å². The third-order valence-electron chi connectivity index (χ3n) is 5.37. The van der Waals surface area contributed by atoms with Crippen molar-refractivity contribution >= 4 is 11.7 Å². The zero-order valence-corrected chi connectivity index (χ0v) is 16.2. The molecule has 1 N–H and O–H groups in total. The first-order chi connectivity index (χ1) is 13.5. The lowest BCUT2D eigenvalue weighted by Gasteiger charge is -2.35. The number of ketones is 1. The summed E-state index contributed by atoms with van der Waals surface area (Å²) < 4.78 is 18.5. The maximum absolute atomic E-state index is 12.9. The van der Waals surface area contributed by atoms with Crippen LogP contribution < -0.4 is 5.32 Å². The van der Waals surface area contributed by atoms with Crippen LogP contribution in [0.15, 0.2) is 47.1 Å². The highest BCUT2D eigenvalue weighted by Gasteiger charge is 2.26. The molecule has 5 nitrogen and oxygen atoms in total. The van der Waals surface area contributed by atoms with Crippen LogP contribution >= 0.6 is 0 Å². The zero-order chi connectivity index (χ0) is 19.9. The Morgan fingerprint density at radius 3 is 2.54 bits per heavy atom. The SMILES string of the molecule is CC1CCN(C(CNC(=O)CCC(=O)c2ccc(F)cc2)c2ccco2)CC1. The van der Waals surface area contributed by atoms with E-state index in [2.05, 4.69) is 17.1 Å². The lowest BCUT2D eigenvalue weighted by molar-refractivity contribution is -0.121. The quantitative estimate of drug-likeness (QED) is 0.698. The van der Waals surface area contributed by atoms with Gasteiger partial charge in [0.2, 0.25) is 5.91 Å². The summed E-state index contributed by atoms with van der Waals surface area (Å²) in [6.45, 7) is 4.67. The summed E-state index contributed by atoms with van der Waals surface area (Å²) in [4.78, 5) is 26.8. The van der Waals surface area contributed by atoms with E-state index >= 15 is 0 Å². The average molecular weight is 386 g/mol. The number of furan rings is 1. The van der Waals surface area contributed by atoms with Gasteiger partial charge in [0.1, 0.15) is 11.6 Å². The topological polar surface area (TPSA) is 62.6 Å². The summed E-state index contributed by atoms with van der Waals surface area (Å²) in [6, 6.07) is 9.19. The average Bonchev–Trinajstić information content (AvgIpc) is 3.22. The molecule has 0 bridgehead atoms. The number of nitrogens with one attached hydrogen (secondary N) is 1. The molecular weight excluding hydrogens is 359 g/mol. The largest absolute Gasteiger partial charge is 0.468 e. The molecule has 0 saturated carbocycles. The van der Waals surface area contributed by atoms with Crippen LogP contribution in [-0.4, -0.2) is 36.2 Å². The molecule has 1 unspecified atom stereocenters. The van der Waals surface area contributed by atoms with Gasteiger partial charge >= 0.3 is 0 Å². The molecule has 0 radical (unpaired) electrons. The summed E-state index contributed by atoms with van der Waals surface area (Å²) in [5, 5.41) is 2.94. The number of Topliss-reactive ketones (excluding diaryl/α,β-unsaturated/α-hetero) is 1. The van der Waals surface area contributed by atoms with Gasteiger partial charge in [-0.25, -0.2) is 4.39 Å². The molecule has 150 valence electrons. The van der Waals surface area contributed by atoms with Crippen molar-refractivity contribution < 1.29 is 18.4 Å². The van der Waals surface area contributed by atoms with Crippen LogP contribution in [0.25, 0.3) is 0 Å². The fraction of sp³-hybridized carbons (Fsp3) is 0.455. The summed E-state index contributed by atoms with van der Waals surface area (Å²) in [6.07, 6.45) is 4.13. The lowest BCUT2D eigenvalue weighted by atomic mass is 9.97. The summed E-state index contributed by atoms with van der Waals surface area (Å²) in [5.74, 6) is 0.850. The monoisotopic (exact) mass is 386 g/mol. The molecule has 0 aliphatic carbocycles. The molecule has 1 aliphatic heterocycles. The normalized spacial score (nSPS) is 16.6. The number of rotatable bonds is 8. The molecule has 6 heteroatoms. The van der Waals surface area contributed by atoms with E-state index in [0.29, 0.717) is 12.1 Å². The number of amides is 1. The molecule has 1 fully saturated rings. The summed E-state index contributed by atoms with van der Waals surface area (Å²) >= 11 is 0. The molecule has 1 aromatic heterocycles. The van der Waals surface area contributed by atoms with E-state index in [-0.39, 0.29) is 36.4 Å². The van der Waals surface area contributed by atoms with Gasteiger partial charge in [-0.05, 0) is 68.2 Å². The van der Waals surface area contributed by atoms with Gasteiger partial charge < -0.3 is 9.73 Å². The van der Waals surface area contributed by atoms with E-state index < -0.39 is 0 Å². The Hall–Kier alpha value is -2.47. The first-order valence-corrected chi connectivity index (χ1v) is 9.86. The minimum Gasteiger partial charge on any atom is -0.468 e. The molecule has 1 amide bonds. The van der Waals surface area contributed by atoms with E-state index in [9.17, 15) is 14.0 Å². The second kappa shape index (κ2) is 9.64. The van der Waals surface area contributed by atoms with E-state index in [1.54, 1.807) is 6.26 Å². The fourth-order valence-corrected chi connectivity index (χ4v) is 3.54. The Bertz CT molecular complexity index is 766. The van der Waals surface area contributed by atoms with Crippen LogP contribution in [0.3, 0.4) is 0 Å². The predicted octanol–water partition coefficient (Wildman–Crippen LogP) is 3.97. The molecule has 28 heavy (non-hydrogen) atoms. The van der Waals surface area contributed by atoms with Crippen LogP contribution in [0.4, 0.5) is 4.39 Å². The first-order valence-electron chi connectivity index (χ1n) is 9.86. The van der Waals surface area contributed by atoms with Crippen molar-refractivity contribution in [2.75, 3.05) is 19.6 Å². The molecule has 1 aliphatic rings. The Morgan fingerprint density at radius 1 is 1.18 bits per heavy atom. The number of carbonyl (C=O) groups is 2. The van der Waals surface area contributed by atoms with Crippen LogP contribution in [0.5, 0.6) is 0 Å². The van der Waals surface area contributed by atoms with Crippen LogP contribution in [0.2, 0.25) is 0 Å². The van der Waals surface area contributed by atoms with E-state index in [1.807, 2.05) is 12.1 Å². The highest BCUT2D eigenvalue weighted by molar-refractivity contribution is 5.97. The molecular formula is C22H27FN2O3. The Balaban J connectivity index is 1.50. The summed E-state index contributed by atoms with van der Waals surface area (Å²) in [7, 11) is 0. The van der Waals surface area contributed by atoms with Crippen LogP contribution in [0.1, 0.15) is 54.8 Å². The third-order valence-corrected chi connectivity index (χ3v) is 5.37. The van der Waals surface area contributed by atoms with E-state index in [1.165, 1.54) is 24.3 Å². The Morgan fingerprint density at radius 2 is 1.89 bits per heavy atom. The van der Waals surface area contributed by atoms with Crippen molar-refractivity contribution in [3.05, 3.63) is 59.8 Å². The van der Waals surface area contributed by atoms with Crippen LogP contribution in [-0.2, 0) is 4.79 Å². The van der Waals surface area contributed by atoms with Gasteiger partial charge in [0.05, 0.1) is 12.3 Å². The standard InChI is InChI=1S/C22H27FN2O3/c1-16-10-12-25(13-11-16)19(21-3-2-14-28-21)15-24-22(27)9-8-20(26)17-4-6-18(23)7-5-17/h2-7,14,16,19H,8-13,15H2,1H3,(H,24,27). The van der Waals surface area contributed by atoms with Gasteiger partial charge in [-0.3, -0.25) is 14.5 Å². The smallest absolute Gasteiger partial charge is 0.220 e. The Kier molecular flexibility index (Phi) is 6.98. The minimum atomic E-state index is -0.384. The van der Waals surface area contributed by atoms with Gasteiger partial charge in [-0.15, -0.1) is 0 Å². The Labute approximate surface area is 164 Å². The third kappa shape index (κ3) is 5.52. The van der Waals surface area contributed by atoms with Crippen molar-refractivity contribution in [2.24, 2.45) is 5.92 Å². The van der Waals surface area contributed by atoms with Gasteiger partial charge in [0.25, 0.3) is 0 Å². The van der Waals surface area contributed by atoms with Crippen LogP contribution in [0, 0.1) is 11.7 Å². The number of piperidine rings is 1. The maximum atomic E-state index is 12.9. The number of likely N-dealkylation sites (tertiary alicyclic amines) is 1. The van der Waals surface area contributed by atoms with Crippen molar-refractivity contribution in [1.82, 2.24) is 10.2 Å². The molecule has 2 aromatic rings. The van der Waals surface area contributed by atoms with E-state index in [4.69, 9.17) is 4.42 Å². The second-order valence-corrected chi connectivity index (χ2v) is 7.48. The second-order valence-electron chi connectivity index (χ2n) is 7.48. The van der Waals surface area contributed by atoms with E-state index in [0.717, 1.165) is 37.6 Å². The van der Waals surface area contributed by atoms with Crippen molar-refractivity contribution in [3.8, 4) is 0 Å². The van der Waals surface area contributed by atoms with Gasteiger partial charge in [0.15, 0.2) is 5.78 Å². The highest BCUT2D eigenvalue weighted by atomic mass is 19.1. The maximum Gasteiger partial charge on any atom is 0.220 e. The van der Waals surface area contributed by atoms with Gasteiger partial charge in [-0.1, -0.05) is 6.92 Å². The molecule has 3 rings (SSSR count). The highest BCUT2D eigenvalue weighted by Crippen LogP contribution is 2.26. The number of hydrogen-bond acceptors (Lipinski definition) is 4. The number of halogens is 1. The van der Waals surface area contributed by atoms with Gasteiger partial charge in [0, 0.05) is 24.9 Å². The lowest BCUT2D eigenvalue weighted by Crippen LogP contribution is -2.41. The fourth-order valence-electron chi connectivity index (χ4n) is 3.54. The van der Waals surface area contributed by atoms with Crippen molar-refractivity contribution in [2.45, 2.75) is 38.6 Å². The first kappa shape index (κ1) is 20.3. The van der Waals surface area contributed by atoms with Gasteiger partial charge in [-0.2, -0.15) is 0 Å². The number of hydrogen-bond donors (Lipinski definition) is 1. The number of nitrogens with zero attached hydrogens (tertiary/aromatic N) is 1. The molecule has 0 spiro atoms. The predicted molar refractivity (Wildman–Crippen MR) is 104 cm³/mol. The molecule has 1 saturated heterocycles. The molecule has 2 heterocycles. The summed E-state index contributed by atoms with van der Waals surface area (Å²) in [5.41, 5.74) is 0.421. The minimum absolute atomic E-state index is 0.000694. The number of carbonyl (C=O) groups excluding carboxylic acids is 2. The van der Waals surface area contributed by atoms with Crippen molar-refractivity contribution in [1.29, 1.82) is 0 Å². The number of benzene rings is 1.